The first-order valence-electron chi connectivity index (χ1n) is 11.6. The van der Waals surface area contributed by atoms with E-state index in [0.29, 0.717) is 16.5 Å². The standard InChI is InChI=1S/C25H35BrO3Si/c1-22(2,3)30(5,6)28-21-8-7-20-23(21,4)10-9-16-13-17-14-19(27)18(26)15-24(17)11-12-25(16,20)29-24/h13-15,20-21H,7-12H2,1-6H3/t20-,21+,23+,24-,25-/m1/s1. The lowest BCUT2D eigenvalue weighted by Crippen LogP contribution is -2.56. The lowest BCUT2D eigenvalue weighted by Gasteiger charge is -2.55. The summed E-state index contributed by atoms with van der Waals surface area (Å²) >= 11 is 3.47. The molecule has 164 valence electrons. The summed E-state index contributed by atoms with van der Waals surface area (Å²) in [7, 11) is -1.82. The van der Waals surface area contributed by atoms with E-state index < -0.39 is 13.9 Å². The quantitative estimate of drug-likeness (QED) is 0.408. The third-order valence-electron chi connectivity index (χ3n) is 9.46. The predicted octanol–water partition coefficient (Wildman–Crippen LogP) is 6.60. The van der Waals surface area contributed by atoms with Crippen LogP contribution in [0.15, 0.2) is 33.9 Å². The van der Waals surface area contributed by atoms with Crippen LogP contribution in [0.3, 0.4) is 0 Å². The molecule has 2 aliphatic heterocycles. The van der Waals surface area contributed by atoms with E-state index in [1.165, 1.54) is 12.0 Å². The van der Waals surface area contributed by atoms with Gasteiger partial charge in [-0.2, -0.15) is 0 Å². The maximum absolute atomic E-state index is 12.3. The molecule has 0 amide bonds. The molecular weight excluding hydrogens is 456 g/mol. The van der Waals surface area contributed by atoms with Gasteiger partial charge in [0.05, 0.1) is 16.2 Å². The molecule has 5 aliphatic rings. The van der Waals surface area contributed by atoms with Crippen molar-refractivity contribution < 1.29 is 14.0 Å². The number of halogens is 1. The van der Waals surface area contributed by atoms with Crippen LogP contribution < -0.4 is 0 Å². The molecule has 0 aromatic rings. The molecule has 0 radical (unpaired) electrons. The third-order valence-corrected chi connectivity index (χ3v) is 14.6. The molecule has 3 nitrogen and oxygen atoms in total. The molecule has 3 aliphatic carbocycles. The SMILES string of the molecule is CC(C)(C)[Si](C)(C)O[C@H]1CC[C@@H]2[C@]1(C)CCC1=CC3=CC(=O)C(Br)=C[C@]34CC[C@@]12O4. The number of ether oxygens (including phenoxy) is 1. The number of rotatable bonds is 2. The highest BCUT2D eigenvalue weighted by Crippen LogP contribution is 2.67. The van der Waals surface area contributed by atoms with Gasteiger partial charge in [0.25, 0.3) is 0 Å². The number of hydrogen-bond acceptors (Lipinski definition) is 3. The maximum atomic E-state index is 12.3. The number of allylic oxidation sites excluding steroid dienone is 2. The van der Waals surface area contributed by atoms with Crippen LogP contribution in [0.1, 0.15) is 66.2 Å². The molecule has 5 rings (SSSR count). The van der Waals surface area contributed by atoms with E-state index >= 15 is 0 Å². The molecule has 2 spiro atoms. The molecule has 0 N–H and O–H groups in total. The van der Waals surface area contributed by atoms with Crippen molar-refractivity contribution in [3.63, 3.8) is 0 Å². The first kappa shape index (κ1) is 21.4. The molecule has 1 saturated heterocycles. The van der Waals surface area contributed by atoms with Crippen LogP contribution in [0, 0.1) is 11.3 Å². The Morgan fingerprint density at radius 2 is 1.90 bits per heavy atom. The van der Waals surface area contributed by atoms with Crippen molar-refractivity contribution >= 4 is 30.0 Å². The summed E-state index contributed by atoms with van der Waals surface area (Å²) < 4.78 is 14.8. The highest BCUT2D eigenvalue weighted by molar-refractivity contribution is 9.12. The second-order valence-electron chi connectivity index (χ2n) is 12.0. The van der Waals surface area contributed by atoms with Crippen molar-refractivity contribution in [3.05, 3.63) is 33.9 Å². The van der Waals surface area contributed by atoms with E-state index in [-0.39, 0.29) is 21.8 Å². The summed E-state index contributed by atoms with van der Waals surface area (Å²) in [6.45, 7) is 14.3. The van der Waals surface area contributed by atoms with Gasteiger partial charge in [0.15, 0.2) is 14.1 Å². The zero-order chi connectivity index (χ0) is 21.7. The van der Waals surface area contributed by atoms with Gasteiger partial charge in [-0.25, -0.2) is 0 Å². The summed E-state index contributed by atoms with van der Waals surface area (Å²) in [5.74, 6) is 0.547. The fraction of sp³-hybridized carbons (Fsp3) is 0.720. The Labute approximate surface area is 190 Å². The van der Waals surface area contributed by atoms with Gasteiger partial charge in [0.2, 0.25) is 0 Å². The van der Waals surface area contributed by atoms with E-state index in [1.807, 2.05) is 6.08 Å². The summed E-state index contributed by atoms with van der Waals surface area (Å²) in [5, 5.41) is 0.226. The Morgan fingerprint density at radius 1 is 1.17 bits per heavy atom. The molecule has 5 heteroatoms. The topological polar surface area (TPSA) is 35.5 Å². The number of carbonyl (C=O) groups excluding carboxylic acids is 1. The normalized spacial score (nSPS) is 42.8. The lowest BCUT2D eigenvalue weighted by molar-refractivity contribution is -0.133. The highest BCUT2D eigenvalue weighted by Gasteiger charge is 2.67. The average Bonchev–Trinajstić information content (AvgIpc) is 3.12. The summed E-state index contributed by atoms with van der Waals surface area (Å²) in [6, 6.07) is 0. The molecule has 2 saturated carbocycles. The minimum absolute atomic E-state index is 0.0554. The minimum Gasteiger partial charge on any atom is -0.413 e. The number of fused-ring (bicyclic) bond motifs is 1. The second kappa shape index (κ2) is 6.30. The smallest absolute Gasteiger partial charge is 0.192 e. The van der Waals surface area contributed by atoms with Crippen molar-refractivity contribution in [1.82, 2.24) is 0 Å². The Bertz CT molecular complexity index is 910. The predicted molar refractivity (Wildman–Crippen MR) is 126 cm³/mol. The summed E-state index contributed by atoms with van der Waals surface area (Å²) in [6.07, 6.45) is 13.0. The first-order chi connectivity index (χ1) is 13.8. The Balaban J connectivity index is 1.51. The summed E-state index contributed by atoms with van der Waals surface area (Å²) in [4.78, 5) is 12.3. The van der Waals surface area contributed by atoms with E-state index in [9.17, 15) is 4.79 Å². The second-order valence-corrected chi connectivity index (χ2v) is 17.6. The Hall–Kier alpha value is -0.493. The Kier molecular flexibility index (Phi) is 4.49. The highest BCUT2D eigenvalue weighted by atomic mass is 79.9. The van der Waals surface area contributed by atoms with Gasteiger partial charge in [-0.15, -0.1) is 0 Å². The fourth-order valence-corrected chi connectivity index (χ4v) is 8.62. The molecule has 2 heterocycles. The van der Waals surface area contributed by atoms with Crippen LogP contribution in [0.4, 0.5) is 0 Å². The van der Waals surface area contributed by atoms with Crippen LogP contribution in [-0.2, 0) is 14.0 Å². The molecular formula is C25H35BrO3Si. The van der Waals surface area contributed by atoms with Gasteiger partial charge < -0.3 is 9.16 Å². The Morgan fingerprint density at radius 3 is 2.60 bits per heavy atom. The van der Waals surface area contributed by atoms with Gasteiger partial charge in [-0.3, -0.25) is 4.79 Å². The molecule has 5 atom stereocenters. The van der Waals surface area contributed by atoms with Crippen LogP contribution in [0.5, 0.6) is 0 Å². The van der Waals surface area contributed by atoms with Crippen molar-refractivity contribution in [3.8, 4) is 0 Å². The zero-order valence-electron chi connectivity index (χ0n) is 19.2. The largest absolute Gasteiger partial charge is 0.413 e. The lowest BCUT2D eigenvalue weighted by atomic mass is 9.58. The average molecular weight is 492 g/mol. The van der Waals surface area contributed by atoms with E-state index in [1.54, 1.807) is 6.08 Å². The molecule has 2 bridgehead atoms. The molecule has 0 unspecified atom stereocenters. The molecule has 0 aromatic carbocycles. The van der Waals surface area contributed by atoms with Crippen LogP contribution >= 0.6 is 15.9 Å². The van der Waals surface area contributed by atoms with E-state index in [4.69, 9.17) is 9.16 Å². The van der Waals surface area contributed by atoms with Gasteiger partial charge in [0.1, 0.15) is 5.60 Å². The van der Waals surface area contributed by atoms with Gasteiger partial charge in [0, 0.05) is 0 Å². The van der Waals surface area contributed by atoms with Crippen LogP contribution in [0.2, 0.25) is 18.1 Å². The number of ketones is 1. The molecule has 0 aromatic heterocycles. The zero-order valence-corrected chi connectivity index (χ0v) is 21.8. The van der Waals surface area contributed by atoms with E-state index in [0.717, 1.165) is 37.7 Å². The first-order valence-corrected chi connectivity index (χ1v) is 15.3. The van der Waals surface area contributed by atoms with Crippen LogP contribution in [-0.4, -0.2) is 31.4 Å². The van der Waals surface area contributed by atoms with Crippen molar-refractivity contribution in [2.45, 2.75) is 102 Å². The van der Waals surface area contributed by atoms with Crippen molar-refractivity contribution in [2.75, 3.05) is 0 Å². The van der Waals surface area contributed by atoms with E-state index in [2.05, 4.69) is 62.8 Å². The monoisotopic (exact) mass is 490 g/mol. The van der Waals surface area contributed by atoms with Gasteiger partial charge in [-0.05, 0) is 107 Å². The third kappa shape index (κ3) is 2.71. The van der Waals surface area contributed by atoms with Gasteiger partial charge >= 0.3 is 0 Å². The molecule has 30 heavy (non-hydrogen) atoms. The fourth-order valence-electron chi connectivity index (χ4n) is 6.68. The van der Waals surface area contributed by atoms with Crippen molar-refractivity contribution in [1.29, 1.82) is 0 Å². The van der Waals surface area contributed by atoms with Gasteiger partial charge in [-0.1, -0.05) is 33.8 Å². The number of hydrogen-bond donors (Lipinski definition) is 0. The summed E-state index contributed by atoms with van der Waals surface area (Å²) in [5.41, 5.74) is 2.05. The maximum Gasteiger partial charge on any atom is 0.192 e. The van der Waals surface area contributed by atoms with Crippen LogP contribution in [0.25, 0.3) is 0 Å². The molecule has 3 fully saturated rings. The minimum atomic E-state index is -1.82. The van der Waals surface area contributed by atoms with Crippen molar-refractivity contribution in [2.24, 2.45) is 11.3 Å². The number of carbonyl (C=O) groups is 1.